The van der Waals surface area contributed by atoms with Crippen LogP contribution in [-0.4, -0.2) is 104 Å². The van der Waals surface area contributed by atoms with Crippen LogP contribution in [0.3, 0.4) is 0 Å². The number of esters is 1. The van der Waals surface area contributed by atoms with Crippen LogP contribution in [0.15, 0.2) is 24.9 Å². The Balaban J connectivity index is 3.16. The van der Waals surface area contributed by atoms with Crippen molar-refractivity contribution in [3.63, 3.8) is 0 Å². The minimum atomic E-state index is -0.886. The van der Waals surface area contributed by atoms with Crippen LogP contribution in [0, 0.1) is 0 Å². The van der Waals surface area contributed by atoms with Gasteiger partial charge in [0.1, 0.15) is 17.7 Å². The minimum absolute atomic E-state index is 0.194. The summed E-state index contributed by atoms with van der Waals surface area (Å²) in [6.07, 6.45) is 2.84. The first-order chi connectivity index (χ1) is 16.8. The van der Waals surface area contributed by atoms with Crippen LogP contribution in [-0.2, 0) is 23.8 Å². The van der Waals surface area contributed by atoms with Crippen molar-refractivity contribution in [2.24, 2.45) is 0 Å². The van der Waals surface area contributed by atoms with Gasteiger partial charge in [0.05, 0.1) is 19.9 Å². The first-order valence-electron chi connectivity index (χ1n) is 12.2. The van der Waals surface area contributed by atoms with Crippen molar-refractivity contribution in [1.82, 2.24) is 25.6 Å². The molecule has 0 bridgehead atoms. The van der Waals surface area contributed by atoms with Gasteiger partial charge in [-0.05, 0) is 47.0 Å². The second-order valence-electron chi connectivity index (χ2n) is 9.84. The Morgan fingerprint density at radius 1 is 1.28 bits per heavy atom. The Bertz CT molecular complexity index is 769. The number of likely N-dealkylation sites (N-methyl/N-ethyl adjacent to an activating group) is 1. The molecule has 1 aliphatic rings. The predicted octanol–water partition coefficient (Wildman–Crippen LogP) is 1.86. The van der Waals surface area contributed by atoms with E-state index in [4.69, 9.17) is 14.2 Å². The molecule has 0 aromatic heterocycles. The number of amides is 2. The third-order valence-electron chi connectivity index (χ3n) is 5.83. The summed E-state index contributed by atoms with van der Waals surface area (Å²) in [4.78, 5) is 42.1. The van der Waals surface area contributed by atoms with E-state index in [1.165, 1.54) is 17.0 Å². The molecule has 0 radical (unpaired) electrons. The van der Waals surface area contributed by atoms with E-state index in [9.17, 15) is 14.4 Å². The molecule has 36 heavy (non-hydrogen) atoms. The molecule has 0 saturated carbocycles. The van der Waals surface area contributed by atoms with E-state index in [0.29, 0.717) is 44.7 Å². The Morgan fingerprint density at radius 2 is 1.94 bits per heavy atom. The van der Waals surface area contributed by atoms with Gasteiger partial charge in [0.2, 0.25) is 0 Å². The zero-order chi connectivity index (χ0) is 27.5. The molecule has 1 aliphatic heterocycles. The summed E-state index contributed by atoms with van der Waals surface area (Å²) >= 11 is 0. The van der Waals surface area contributed by atoms with Gasteiger partial charge < -0.3 is 19.5 Å². The number of rotatable bonds is 13. The highest BCUT2D eigenvalue weighted by atomic mass is 16.6. The van der Waals surface area contributed by atoms with Crippen molar-refractivity contribution in [2.75, 3.05) is 47.6 Å². The second kappa shape index (κ2) is 14.8. The lowest BCUT2D eigenvalue weighted by molar-refractivity contribution is -0.151. The number of carbonyl (C=O) groups is 3. The van der Waals surface area contributed by atoms with E-state index < -0.39 is 29.7 Å². The van der Waals surface area contributed by atoms with Crippen molar-refractivity contribution < 1.29 is 28.6 Å². The van der Waals surface area contributed by atoms with Gasteiger partial charge in [-0.1, -0.05) is 12.7 Å². The first kappa shape index (κ1) is 31.4. The van der Waals surface area contributed by atoms with Gasteiger partial charge in [0, 0.05) is 39.5 Å². The molecule has 1 saturated heterocycles. The fourth-order valence-electron chi connectivity index (χ4n) is 3.52. The molecule has 1 fully saturated rings. The number of hydrogen-bond acceptors (Lipinski definition) is 9. The average molecular weight is 512 g/mol. The van der Waals surface area contributed by atoms with E-state index in [-0.39, 0.29) is 18.6 Å². The standard InChI is InChI=1S/C25H45N5O6/c1-10-11-14-29(17-26-18(2)19(3)34-8)16-21(28(7)24(33)36-25(4,5)6)22(31)30-15-12-13-20(27-30)23(32)35-9/h10,19-21,26-27H,1-2,11-17H2,3-9H3/t19-,20+,21-/m1/s1. The van der Waals surface area contributed by atoms with Crippen LogP contribution in [0.25, 0.3) is 0 Å². The molecule has 0 spiro atoms. The van der Waals surface area contributed by atoms with Crippen molar-refractivity contribution in [1.29, 1.82) is 0 Å². The molecular weight excluding hydrogens is 466 g/mol. The second-order valence-corrected chi connectivity index (χ2v) is 9.84. The summed E-state index contributed by atoms with van der Waals surface area (Å²) in [6.45, 7) is 16.6. The van der Waals surface area contributed by atoms with Crippen LogP contribution in [0.4, 0.5) is 4.79 Å². The third kappa shape index (κ3) is 10.2. The highest BCUT2D eigenvalue weighted by Crippen LogP contribution is 2.16. The number of methoxy groups -OCH3 is 2. The monoisotopic (exact) mass is 511 g/mol. The molecule has 1 rings (SSSR count). The highest BCUT2D eigenvalue weighted by Gasteiger charge is 2.37. The Morgan fingerprint density at radius 3 is 2.50 bits per heavy atom. The van der Waals surface area contributed by atoms with Crippen molar-refractivity contribution >= 4 is 18.0 Å². The first-order valence-corrected chi connectivity index (χ1v) is 12.2. The minimum Gasteiger partial charge on any atom is -0.468 e. The van der Waals surface area contributed by atoms with Crippen LogP contribution >= 0.6 is 0 Å². The molecule has 0 aromatic carbocycles. The van der Waals surface area contributed by atoms with Gasteiger partial charge in [-0.3, -0.25) is 24.4 Å². The van der Waals surface area contributed by atoms with Crippen molar-refractivity contribution in [3.8, 4) is 0 Å². The molecule has 11 nitrogen and oxygen atoms in total. The van der Waals surface area contributed by atoms with Gasteiger partial charge in [0.15, 0.2) is 0 Å². The van der Waals surface area contributed by atoms with Crippen LogP contribution in [0.1, 0.15) is 47.0 Å². The highest BCUT2D eigenvalue weighted by molar-refractivity contribution is 5.86. The molecular formula is C25H45N5O6. The predicted molar refractivity (Wildman–Crippen MR) is 138 cm³/mol. The molecule has 2 amide bonds. The SMILES string of the molecule is C=CCCN(CNC(=C)[C@@H](C)OC)C[C@H](C(=O)N1CCC[C@@H](C(=O)OC)N1)N(C)C(=O)OC(C)(C)C. The van der Waals surface area contributed by atoms with Gasteiger partial charge in [0.25, 0.3) is 5.91 Å². The van der Waals surface area contributed by atoms with Crippen LogP contribution in [0.2, 0.25) is 0 Å². The summed E-state index contributed by atoms with van der Waals surface area (Å²) in [6, 6.07) is -1.51. The normalized spacial score (nSPS) is 17.7. The Hall–Kier alpha value is -2.63. The summed E-state index contributed by atoms with van der Waals surface area (Å²) < 4.78 is 15.7. The fourth-order valence-corrected chi connectivity index (χ4v) is 3.52. The molecule has 206 valence electrons. The number of nitrogens with zero attached hydrogens (tertiary/aromatic N) is 3. The largest absolute Gasteiger partial charge is 0.468 e. The quantitative estimate of drug-likeness (QED) is 0.217. The number of ether oxygens (including phenoxy) is 3. The lowest BCUT2D eigenvalue weighted by Crippen LogP contribution is -2.62. The fraction of sp³-hybridized carbons (Fsp3) is 0.720. The van der Waals surface area contributed by atoms with E-state index in [0.717, 1.165) is 0 Å². The number of hydrogen-bond donors (Lipinski definition) is 2. The summed E-state index contributed by atoms with van der Waals surface area (Å²) in [5.74, 6) is -0.781. The average Bonchev–Trinajstić information content (AvgIpc) is 2.85. The third-order valence-corrected chi connectivity index (χ3v) is 5.83. The van der Waals surface area contributed by atoms with Gasteiger partial charge in [-0.2, -0.15) is 0 Å². The molecule has 1 heterocycles. The van der Waals surface area contributed by atoms with Gasteiger partial charge >= 0.3 is 12.1 Å². The maximum absolute atomic E-state index is 13.7. The van der Waals surface area contributed by atoms with Crippen LogP contribution in [0.5, 0.6) is 0 Å². The number of hydrazine groups is 1. The van der Waals surface area contributed by atoms with E-state index in [1.54, 1.807) is 41.0 Å². The maximum atomic E-state index is 13.7. The molecule has 2 N–H and O–H groups in total. The molecule has 0 aliphatic carbocycles. The lowest BCUT2D eigenvalue weighted by atomic mass is 10.1. The maximum Gasteiger partial charge on any atom is 0.410 e. The Kier molecular flexibility index (Phi) is 12.9. The topological polar surface area (TPSA) is 113 Å². The van der Waals surface area contributed by atoms with E-state index in [1.807, 2.05) is 11.8 Å². The van der Waals surface area contributed by atoms with E-state index >= 15 is 0 Å². The zero-order valence-electron chi connectivity index (χ0n) is 23.0. The van der Waals surface area contributed by atoms with Gasteiger partial charge in [-0.25, -0.2) is 10.2 Å². The Labute approximate surface area is 215 Å². The summed E-state index contributed by atoms with van der Waals surface area (Å²) in [5.41, 5.74) is 2.94. The molecule has 0 aromatic rings. The smallest absolute Gasteiger partial charge is 0.410 e. The summed E-state index contributed by atoms with van der Waals surface area (Å²) in [7, 11) is 4.46. The van der Waals surface area contributed by atoms with E-state index in [2.05, 4.69) is 23.9 Å². The number of carbonyl (C=O) groups excluding carboxylic acids is 3. The summed E-state index contributed by atoms with van der Waals surface area (Å²) in [5, 5.41) is 4.64. The zero-order valence-corrected chi connectivity index (χ0v) is 23.0. The van der Waals surface area contributed by atoms with Crippen molar-refractivity contribution in [3.05, 3.63) is 24.9 Å². The van der Waals surface area contributed by atoms with Gasteiger partial charge in [-0.15, -0.1) is 6.58 Å². The molecule has 3 atom stereocenters. The molecule has 0 unspecified atom stereocenters. The van der Waals surface area contributed by atoms with Crippen LogP contribution < -0.4 is 10.7 Å². The number of nitrogens with one attached hydrogen (secondary N) is 2. The lowest BCUT2D eigenvalue weighted by Gasteiger charge is -2.39. The van der Waals surface area contributed by atoms with Crippen molar-refractivity contribution in [2.45, 2.75) is 70.7 Å². The molecule has 11 heteroatoms.